The van der Waals surface area contributed by atoms with Gasteiger partial charge in [-0.2, -0.15) is 0 Å². The van der Waals surface area contributed by atoms with E-state index < -0.39 is 0 Å². The van der Waals surface area contributed by atoms with Gasteiger partial charge in [0.05, 0.1) is 13.2 Å². The first kappa shape index (κ1) is 15.1. The molecule has 2 fully saturated rings. The third kappa shape index (κ3) is 4.31. The van der Waals surface area contributed by atoms with Gasteiger partial charge in [0, 0.05) is 31.8 Å². The minimum Gasteiger partial charge on any atom is -0.476 e. The van der Waals surface area contributed by atoms with Crippen LogP contribution in [-0.2, 0) is 4.74 Å². The Morgan fingerprint density at radius 3 is 3.14 bits per heavy atom. The van der Waals surface area contributed by atoms with E-state index in [1.165, 1.54) is 32.4 Å². The Morgan fingerprint density at radius 1 is 1.38 bits per heavy atom. The molecule has 2 unspecified atom stereocenters. The molecule has 2 atom stereocenters. The average Bonchev–Trinajstić information content (AvgIpc) is 3.00. The topological polar surface area (TPSA) is 34.6 Å². The second-order valence-electron chi connectivity index (χ2n) is 6.10. The van der Waals surface area contributed by atoms with E-state index in [9.17, 15) is 0 Å². The summed E-state index contributed by atoms with van der Waals surface area (Å²) in [6.45, 7) is 6.05. The lowest BCUT2D eigenvalue weighted by atomic mass is 9.97. The molecule has 0 aromatic carbocycles. The summed E-state index contributed by atoms with van der Waals surface area (Å²) in [6, 6.07) is 3.64. The van der Waals surface area contributed by atoms with Crippen molar-refractivity contribution in [2.75, 3.05) is 39.5 Å². The first-order chi connectivity index (χ1) is 10.3. The van der Waals surface area contributed by atoms with Gasteiger partial charge in [0.1, 0.15) is 5.02 Å². The fraction of sp³-hybridized carbons (Fsp3) is 0.688. The van der Waals surface area contributed by atoms with Gasteiger partial charge in [0.2, 0.25) is 5.88 Å². The summed E-state index contributed by atoms with van der Waals surface area (Å²) in [5, 5.41) is 0.591. The summed E-state index contributed by atoms with van der Waals surface area (Å²) in [7, 11) is 0. The molecule has 0 aliphatic carbocycles. The summed E-state index contributed by atoms with van der Waals surface area (Å²) in [4.78, 5) is 6.75. The van der Waals surface area contributed by atoms with Crippen molar-refractivity contribution in [1.82, 2.24) is 9.88 Å². The highest BCUT2D eigenvalue weighted by Gasteiger charge is 2.25. The largest absolute Gasteiger partial charge is 0.476 e. The lowest BCUT2D eigenvalue weighted by Crippen LogP contribution is -2.40. The Hall–Kier alpha value is -0.840. The summed E-state index contributed by atoms with van der Waals surface area (Å²) in [5.74, 6) is 1.84. The highest BCUT2D eigenvalue weighted by molar-refractivity contribution is 6.31. The van der Waals surface area contributed by atoms with Crippen LogP contribution < -0.4 is 4.74 Å². The Balaban J connectivity index is 1.46. The van der Waals surface area contributed by atoms with Crippen molar-refractivity contribution in [3.05, 3.63) is 23.4 Å². The molecule has 2 aliphatic rings. The number of halogens is 1. The number of rotatable bonds is 5. The maximum Gasteiger partial charge on any atom is 0.232 e. The molecule has 1 aromatic heterocycles. The fourth-order valence-electron chi connectivity index (χ4n) is 3.22. The molecule has 4 nitrogen and oxygen atoms in total. The van der Waals surface area contributed by atoms with Gasteiger partial charge in [-0.15, -0.1) is 0 Å². The van der Waals surface area contributed by atoms with Gasteiger partial charge < -0.3 is 14.4 Å². The summed E-state index contributed by atoms with van der Waals surface area (Å²) < 4.78 is 11.3. The Bertz CT molecular complexity index is 452. The van der Waals surface area contributed by atoms with Crippen LogP contribution in [0.2, 0.25) is 5.02 Å². The second-order valence-corrected chi connectivity index (χ2v) is 6.51. The highest BCUT2D eigenvalue weighted by Crippen LogP contribution is 2.24. The number of pyridine rings is 1. The molecule has 3 rings (SSSR count). The smallest absolute Gasteiger partial charge is 0.232 e. The molecule has 5 heteroatoms. The zero-order valence-corrected chi connectivity index (χ0v) is 13.1. The predicted octanol–water partition coefficient (Wildman–Crippen LogP) is 2.86. The van der Waals surface area contributed by atoms with E-state index in [2.05, 4.69) is 9.88 Å². The lowest BCUT2D eigenvalue weighted by molar-refractivity contribution is 0.108. The van der Waals surface area contributed by atoms with E-state index >= 15 is 0 Å². The first-order valence-electron chi connectivity index (χ1n) is 7.84. The Labute approximate surface area is 131 Å². The van der Waals surface area contributed by atoms with E-state index in [1.54, 1.807) is 6.20 Å². The van der Waals surface area contributed by atoms with Gasteiger partial charge in [0.25, 0.3) is 0 Å². The molecule has 0 amide bonds. The third-order valence-corrected chi connectivity index (χ3v) is 4.61. The van der Waals surface area contributed by atoms with Crippen molar-refractivity contribution < 1.29 is 9.47 Å². The van der Waals surface area contributed by atoms with Crippen molar-refractivity contribution in [2.24, 2.45) is 11.8 Å². The molecule has 0 radical (unpaired) electrons. The zero-order chi connectivity index (χ0) is 14.5. The molecule has 2 aliphatic heterocycles. The molecule has 21 heavy (non-hydrogen) atoms. The van der Waals surface area contributed by atoms with Gasteiger partial charge in [-0.3, -0.25) is 0 Å². The molecule has 0 N–H and O–H groups in total. The summed E-state index contributed by atoms with van der Waals surface area (Å²) in [6.07, 6.45) is 5.40. The van der Waals surface area contributed by atoms with Crippen LogP contribution in [0.4, 0.5) is 0 Å². The van der Waals surface area contributed by atoms with Gasteiger partial charge in [-0.05, 0) is 43.9 Å². The van der Waals surface area contributed by atoms with Crippen LogP contribution in [0.25, 0.3) is 0 Å². The van der Waals surface area contributed by atoms with Crippen LogP contribution >= 0.6 is 11.6 Å². The van der Waals surface area contributed by atoms with Gasteiger partial charge in [-0.25, -0.2) is 4.98 Å². The quantitative estimate of drug-likeness (QED) is 0.837. The number of piperidine rings is 1. The van der Waals surface area contributed by atoms with Crippen molar-refractivity contribution in [3.8, 4) is 5.88 Å². The minimum atomic E-state index is 0.556. The second kappa shape index (κ2) is 7.43. The van der Waals surface area contributed by atoms with Gasteiger partial charge in [0.15, 0.2) is 0 Å². The molecular weight excluding hydrogens is 288 g/mol. The fourth-order valence-corrected chi connectivity index (χ4v) is 3.40. The van der Waals surface area contributed by atoms with Crippen LogP contribution in [0.15, 0.2) is 18.3 Å². The summed E-state index contributed by atoms with van der Waals surface area (Å²) >= 11 is 6.07. The van der Waals surface area contributed by atoms with E-state index in [0.29, 0.717) is 23.4 Å². The highest BCUT2D eigenvalue weighted by atomic mass is 35.5. The van der Waals surface area contributed by atoms with Crippen molar-refractivity contribution in [1.29, 1.82) is 0 Å². The monoisotopic (exact) mass is 310 g/mol. The van der Waals surface area contributed by atoms with Crippen molar-refractivity contribution in [3.63, 3.8) is 0 Å². The molecule has 3 heterocycles. The number of hydrogen-bond acceptors (Lipinski definition) is 4. The molecule has 0 saturated carbocycles. The maximum atomic E-state index is 6.07. The lowest BCUT2D eigenvalue weighted by Gasteiger charge is -2.33. The van der Waals surface area contributed by atoms with Crippen molar-refractivity contribution in [2.45, 2.75) is 19.3 Å². The zero-order valence-electron chi connectivity index (χ0n) is 12.3. The van der Waals surface area contributed by atoms with Crippen molar-refractivity contribution >= 4 is 11.6 Å². The van der Waals surface area contributed by atoms with Crippen LogP contribution in [0.5, 0.6) is 5.88 Å². The molecule has 2 saturated heterocycles. The summed E-state index contributed by atoms with van der Waals surface area (Å²) in [5.41, 5.74) is 0. The van der Waals surface area contributed by atoms with Crippen LogP contribution in [-0.4, -0.2) is 49.3 Å². The SMILES string of the molecule is Clc1cccnc1OCC1CCCN(CC2CCOC2)C1. The average molecular weight is 311 g/mol. The maximum absolute atomic E-state index is 6.07. The standard InChI is InChI=1S/C16H23ClN2O2/c17-15-4-1-6-18-16(15)21-12-13-3-2-7-19(9-13)10-14-5-8-20-11-14/h1,4,6,13-14H,2-3,5,7-12H2. The molecular formula is C16H23ClN2O2. The van der Waals surface area contributed by atoms with E-state index in [1.807, 2.05) is 12.1 Å². The number of likely N-dealkylation sites (tertiary alicyclic amines) is 1. The molecule has 0 bridgehead atoms. The number of ether oxygens (including phenoxy) is 2. The molecule has 0 spiro atoms. The Kier molecular flexibility index (Phi) is 5.33. The van der Waals surface area contributed by atoms with Crippen LogP contribution in [0.3, 0.4) is 0 Å². The third-order valence-electron chi connectivity index (χ3n) is 4.32. The molecule has 116 valence electrons. The number of hydrogen-bond donors (Lipinski definition) is 0. The van der Waals surface area contributed by atoms with E-state index in [-0.39, 0.29) is 0 Å². The Morgan fingerprint density at radius 2 is 2.33 bits per heavy atom. The van der Waals surface area contributed by atoms with Crippen LogP contribution in [0, 0.1) is 11.8 Å². The molecule has 1 aromatic rings. The predicted molar refractivity (Wildman–Crippen MR) is 82.8 cm³/mol. The first-order valence-corrected chi connectivity index (χ1v) is 8.22. The van der Waals surface area contributed by atoms with Crippen LogP contribution in [0.1, 0.15) is 19.3 Å². The number of aromatic nitrogens is 1. The number of nitrogens with zero attached hydrogens (tertiary/aromatic N) is 2. The van der Waals surface area contributed by atoms with E-state index in [0.717, 1.165) is 25.7 Å². The van der Waals surface area contributed by atoms with Gasteiger partial charge in [-0.1, -0.05) is 11.6 Å². The van der Waals surface area contributed by atoms with Gasteiger partial charge >= 0.3 is 0 Å². The van der Waals surface area contributed by atoms with E-state index in [4.69, 9.17) is 21.1 Å². The normalized spacial score (nSPS) is 26.9. The minimum absolute atomic E-state index is 0.556.